The first-order valence-electron chi connectivity index (χ1n) is 8.17. The number of nitro benzene ring substituents is 1. The van der Waals surface area contributed by atoms with Crippen molar-refractivity contribution in [2.24, 2.45) is 5.92 Å². The Morgan fingerprint density at radius 1 is 1.28 bits per heavy atom. The van der Waals surface area contributed by atoms with Crippen molar-refractivity contribution in [2.45, 2.75) is 13.1 Å². The van der Waals surface area contributed by atoms with Crippen LogP contribution in [0.15, 0.2) is 36.4 Å². The molecule has 0 amide bonds. The van der Waals surface area contributed by atoms with Gasteiger partial charge in [-0.15, -0.1) is 0 Å². The SMILES string of the molecule is COC(=O)C(C)CNc1cc(Oc2ccc(C(F)(F)F)cc2Cl)ccc1[N+](=O)[O-]. The number of ether oxygens (including phenoxy) is 2. The molecule has 7 nitrogen and oxygen atoms in total. The molecule has 1 unspecified atom stereocenters. The number of nitro groups is 1. The van der Waals surface area contributed by atoms with Crippen molar-refractivity contribution < 1.29 is 32.4 Å². The lowest BCUT2D eigenvalue weighted by Crippen LogP contribution is -2.21. The van der Waals surface area contributed by atoms with E-state index in [4.69, 9.17) is 16.3 Å². The maximum absolute atomic E-state index is 12.7. The second-order valence-corrected chi connectivity index (χ2v) is 6.39. The Kier molecular flexibility index (Phi) is 6.91. The molecular weight excluding hydrogens is 417 g/mol. The van der Waals surface area contributed by atoms with Gasteiger partial charge in [-0.3, -0.25) is 14.9 Å². The van der Waals surface area contributed by atoms with Crippen molar-refractivity contribution in [3.8, 4) is 11.5 Å². The smallest absolute Gasteiger partial charge is 0.416 e. The molecule has 2 aromatic carbocycles. The number of hydrogen-bond donors (Lipinski definition) is 1. The zero-order chi connectivity index (χ0) is 21.8. The summed E-state index contributed by atoms with van der Waals surface area (Å²) < 4.78 is 48.3. The molecule has 2 rings (SSSR count). The van der Waals surface area contributed by atoms with Gasteiger partial charge in [-0.2, -0.15) is 13.2 Å². The van der Waals surface area contributed by atoms with Gasteiger partial charge in [0, 0.05) is 18.7 Å². The largest absolute Gasteiger partial charge is 0.469 e. The van der Waals surface area contributed by atoms with Crippen molar-refractivity contribution in [1.82, 2.24) is 0 Å². The van der Waals surface area contributed by atoms with E-state index in [1.54, 1.807) is 6.92 Å². The molecule has 1 atom stereocenters. The molecule has 0 radical (unpaired) electrons. The highest BCUT2D eigenvalue weighted by Crippen LogP contribution is 2.38. The fourth-order valence-electron chi connectivity index (χ4n) is 2.31. The van der Waals surface area contributed by atoms with Crippen LogP contribution in [0.25, 0.3) is 0 Å². The molecule has 0 saturated carbocycles. The lowest BCUT2D eigenvalue weighted by Gasteiger charge is -2.14. The molecule has 0 aromatic heterocycles. The monoisotopic (exact) mass is 432 g/mol. The first-order valence-corrected chi connectivity index (χ1v) is 8.55. The van der Waals surface area contributed by atoms with E-state index in [1.165, 1.54) is 25.3 Å². The minimum absolute atomic E-state index is 0.0533. The molecule has 2 aromatic rings. The molecule has 0 spiro atoms. The number of methoxy groups -OCH3 is 1. The first-order chi connectivity index (χ1) is 13.5. The summed E-state index contributed by atoms with van der Waals surface area (Å²) >= 11 is 5.86. The van der Waals surface area contributed by atoms with Gasteiger partial charge in [0.05, 0.1) is 28.5 Å². The summed E-state index contributed by atoms with van der Waals surface area (Å²) in [6.07, 6.45) is -4.55. The third-order valence-corrected chi connectivity index (χ3v) is 4.15. The molecule has 11 heteroatoms. The topological polar surface area (TPSA) is 90.7 Å². The maximum Gasteiger partial charge on any atom is 0.416 e. The number of carbonyl (C=O) groups excluding carboxylic acids is 1. The zero-order valence-electron chi connectivity index (χ0n) is 15.2. The number of nitrogens with one attached hydrogen (secondary N) is 1. The van der Waals surface area contributed by atoms with Crippen LogP contribution < -0.4 is 10.1 Å². The quantitative estimate of drug-likeness (QED) is 0.363. The summed E-state index contributed by atoms with van der Waals surface area (Å²) in [4.78, 5) is 22.1. The molecule has 0 aliphatic heterocycles. The van der Waals surface area contributed by atoms with Crippen molar-refractivity contribution in [3.05, 3.63) is 57.1 Å². The van der Waals surface area contributed by atoms with Crippen molar-refractivity contribution >= 4 is 28.9 Å². The van der Waals surface area contributed by atoms with Gasteiger partial charge in [0.15, 0.2) is 0 Å². The first kappa shape index (κ1) is 22.3. The highest BCUT2D eigenvalue weighted by Gasteiger charge is 2.31. The van der Waals surface area contributed by atoms with E-state index >= 15 is 0 Å². The van der Waals surface area contributed by atoms with Crippen LogP contribution in [0.3, 0.4) is 0 Å². The third kappa shape index (κ3) is 5.74. The standard InChI is InChI=1S/C18H16ClF3N2O5/c1-10(17(25)28-2)9-23-14-8-12(4-5-15(14)24(26)27)29-16-6-3-11(7-13(16)19)18(20,21)22/h3-8,10,23H,9H2,1-2H3. The summed E-state index contributed by atoms with van der Waals surface area (Å²) in [7, 11) is 1.23. The minimum Gasteiger partial charge on any atom is -0.469 e. The number of nitrogens with zero attached hydrogens (tertiary/aromatic N) is 1. The Hall–Kier alpha value is -3.01. The second kappa shape index (κ2) is 8.99. The molecule has 1 N–H and O–H groups in total. The molecule has 29 heavy (non-hydrogen) atoms. The third-order valence-electron chi connectivity index (χ3n) is 3.85. The van der Waals surface area contributed by atoms with Gasteiger partial charge in [0.2, 0.25) is 0 Å². The number of halogens is 4. The molecule has 0 fully saturated rings. The van der Waals surface area contributed by atoms with Gasteiger partial charge in [0.25, 0.3) is 5.69 Å². The number of hydrogen-bond acceptors (Lipinski definition) is 6. The fourth-order valence-corrected chi connectivity index (χ4v) is 2.53. The van der Waals surface area contributed by atoms with Gasteiger partial charge < -0.3 is 14.8 Å². The van der Waals surface area contributed by atoms with E-state index in [0.29, 0.717) is 0 Å². The van der Waals surface area contributed by atoms with E-state index in [2.05, 4.69) is 10.1 Å². The Balaban J connectivity index is 2.26. The highest BCUT2D eigenvalue weighted by atomic mass is 35.5. The van der Waals surface area contributed by atoms with E-state index in [-0.39, 0.29) is 34.4 Å². The number of alkyl halides is 3. The van der Waals surface area contributed by atoms with Crippen LogP contribution in [0.2, 0.25) is 5.02 Å². The highest BCUT2D eigenvalue weighted by molar-refractivity contribution is 6.32. The van der Waals surface area contributed by atoms with Gasteiger partial charge >= 0.3 is 12.1 Å². The van der Waals surface area contributed by atoms with Crippen LogP contribution in [-0.2, 0) is 15.7 Å². The average Bonchev–Trinajstić information content (AvgIpc) is 2.66. The molecule has 0 aliphatic carbocycles. The summed E-state index contributed by atoms with van der Waals surface area (Å²) in [5.74, 6) is -1.02. The lowest BCUT2D eigenvalue weighted by molar-refractivity contribution is -0.384. The summed E-state index contributed by atoms with van der Waals surface area (Å²) in [6.45, 7) is 1.63. The molecule has 0 aliphatic rings. The Bertz CT molecular complexity index is 921. The normalized spacial score (nSPS) is 12.2. The van der Waals surface area contributed by atoms with Crippen LogP contribution in [0.1, 0.15) is 12.5 Å². The molecule has 0 heterocycles. The maximum atomic E-state index is 12.7. The number of carbonyl (C=O) groups is 1. The predicted octanol–water partition coefficient (Wildman–Crippen LogP) is 5.28. The van der Waals surface area contributed by atoms with E-state index in [9.17, 15) is 28.1 Å². The molecular formula is C18H16ClF3N2O5. The van der Waals surface area contributed by atoms with E-state index < -0.39 is 28.6 Å². The Morgan fingerprint density at radius 3 is 2.52 bits per heavy atom. The van der Waals surface area contributed by atoms with Crippen LogP contribution in [0, 0.1) is 16.0 Å². The number of rotatable bonds is 7. The number of anilines is 1. The number of benzene rings is 2. The van der Waals surface area contributed by atoms with Crippen LogP contribution >= 0.6 is 11.6 Å². The van der Waals surface area contributed by atoms with E-state index in [1.807, 2.05) is 0 Å². The summed E-state index contributed by atoms with van der Waals surface area (Å²) in [5, 5.41) is 13.7. The van der Waals surface area contributed by atoms with Gasteiger partial charge in [-0.1, -0.05) is 18.5 Å². The van der Waals surface area contributed by atoms with Crippen molar-refractivity contribution in [3.63, 3.8) is 0 Å². The Morgan fingerprint density at radius 2 is 1.97 bits per heavy atom. The fraction of sp³-hybridized carbons (Fsp3) is 0.278. The lowest BCUT2D eigenvalue weighted by atomic mass is 10.1. The molecule has 0 saturated heterocycles. The number of esters is 1. The summed E-state index contributed by atoms with van der Waals surface area (Å²) in [6, 6.07) is 6.32. The minimum atomic E-state index is -4.55. The molecule has 156 valence electrons. The van der Waals surface area contributed by atoms with Gasteiger partial charge in [-0.25, -0.2) is 0 Å². The van der Waals surface area contributed by atoms with Gasteiger partial charge in [-0.05, 0) is 24.3 Å². The predicted molar refractivity (Wildman–Crippen MR) is 99.3 cm³/mol. The van der Waals surface area contributed by atoms with Crippen molar-refractivity contribution in [1.29, 1.82) is 0 Å². The van der Waals surface area contributed by atoms with Crippen LogP contribution in [-0.4, -0.2) is 24.5 Å². The van der Waals surface area contributed by atoms with Crippen LogP contribution in [0.5, 0.6) is 11.5 Å². The second-order valence-electron chi connectivity index (χ2n) is 5.99. The summed E-state index contributed by atoms with van der Waals surface area (Å²) in [5.41, 5.74) is -1.14. The zero-order valence-corrected chi connectivity index (χ0v) is 16.0. The molecule has 0 bridgehead atoms. The average molecular weight is 433 g/mol. The van der Waals surface area contributed by atoms with Crippen molar-refractivity contribution in [2.75, 3.05) is 19.0 Å². The Labute approximate surface area is 168 Å². The van der Waals surface area contributed by atoms with Gasteiger partial charge in [0.1, 0.15) is 17.2 Å². The van der Waals surface area contributed by atoms with E-state index in [0.717, 1.165) is 18.2 Å². The van der Waals surface area contributed by atoms with Crippen LogP contribution in [0.4, 0.5) is 24.5 Å².